The van der Waals surface area contributed by atoms with Crippen LogP contribution in [-0.2, 0) is 19.1 Å². The monoisotopic (exact) mass is 384 g/mol. The molecule has 0 aliphatic carbocycles. The lowest BCUT2D eigenvalue weighted by molar-refractivity contribution is -0.145. The highest BCUT2D eigenvalue weighted by atomic mass is 79.9. The molecule has 2 aromatic rings. The van der Waals surface area contributed by atoms with E-state index in [2.05, 4.69) is 15.9 Å². The van der Waals surface area contributed by atoms with Crippen LogP contribution in [0.4, 0.5) is 0 Å². The van der Waals surface area contributed by atoms with Gasteiger partial charge in [-0.15, -0.1) is 0 Å². The van der Waals surface area contributed by atoms with Gasteiger partial charge in [0.1, 0.15) is 0 Å². The molecule has 1 N–H and O–H groups in total. The van der Waals surface area contributed by atoms with Crippen LogP contribution in [0.25, 0.3) is 0 Å². The molecule has 0 radical (unpaired) electrons. The van der Waals surface area contributed by atoms with E-state index in [0.29, 0.717) is 0 Å². The average molecular weight is 385 g/mol. The topological polar surface area (TPSA) is 80.7 Å². The van der Waals surface area contributed by atoms with Crippen molar-refractivity contribution < 1.29 is 22.5 Å². The van der Waals surface area contributed by atoms with E-state index in [1.54, 1.807) is 24.3 Å². The average Bonchev–Trinajstić information content (AvgIpc) is 2.46. The summed E-state index contributed by atoms with van der Waals surface area (Å²) < 4.78 is 30.1. The molecule has 22 heavy (non-hydrogen) atoms. The number of aryl methyl sites for hydroxylation is 1. The summed E-state index contributed by atoms with van der Waals surface area (Å²) in [7, 11) is -4.17. The van der Waals surface area contributed by atoms with Gasteiger partial charge in [0.15, 0.2) is 6.10 Å². The second-order valence-corrected chi connectivity index (χ2v) is 7.12. The summed E-state index contributed by atoms with van der Waals surface area (Å²) in [6.45, 7) is 1.82. The predicted molar refractivity (Wildman–Crippen MR) is 84.0 cm³/mol. The lowest BCUT2D eigenvalue weighted by atomic mass is 10.1. The lowest BCUT2D eigenvalue weighted by Gasteiger charge is -2.14. The molecule has 7 heteroatoms. The molecule has 0 amide bonds. The molecule has 0 fully saturated rings. The summed E-state index contributed by atoms with van der Waals surface area (Å²) >= 11 is 3.23. The van der Waals surface area contributed by atoms with Crippen LogP contribution in [0.15, 0.2) is 57.9 Å². The minimum Gasteiger partial charge on any atom is -0.479 e. The fourth-order valence-corrected chi connectivity index (χ4v) is 3.06. The molecule has 2 rings (SSSR count). The van der Waals surface area contributed by atoms with Crippen molar-refractivity contribution in [1.29, 1.82) is 0 Å². The van der Waals surface area contributed by atoms with E-state index in [1.807, 2.05) is 6.92 Å². The summed E-state index contributed by atoms with van der Waals surface area (Å²) in [5, 5.41) is 9.25. The van der Waals surface area contributed by atoms with E-state index in [1.165, 1.54) is 24.3 Å². The molecule has 5 nitrogen and oxygen atoms in total. The minimum absolute atomic E-state index is 0.0820. The molecular formula is C15H13BrO5S. The van der Waals surface area contributed by atoms with Gasteiger partial charge in [0, 0.05) is 4.47 Å². The maximum Gasteiger partial charge on any atom is 0.339 e. The number of carbonyl (C=O) groups is 1. The van der Waals surface area contributed by atoms with E-state index >= 15 is 0 Å². The predicted octanol–water partition coefficient (Wildman–Crippen LogP) is 3.29. The zero-order chi connectivity index (χ0) is 16.3. The first-order valence-corrected chi connectivity index (χ1v) is 8.48. The lowest BCUT2D eigenvalue weighted by Crippen LogP contribution is -2.19. The molecular weight excluding hydrogens is 372 g/mol. The Morgan fingerprint density at radius 3 is 2.14 bits per heavy atom. The number of hydrogen-bond acceptors (Lipinski definition) is 4. The van der Waals surface area contributed by atoms with Crippen LogP contribution < -0.4 is 0 Å². The molecule has 1 atom stereocenters. The molecule has 2 aromatic carbocycles. The van der Waals surface area contributed by atoms with Gasteiger partial charge in [-0.05, 0) is 36.8 Å². The molecule has 0 spiro atoms. The van der Waals surface area contributed by atoms with E-state index < -0.39 is 22.2 Å². The third-order valence-electron chi connectivity index (χ3n) is 2.93. The van der Waals surface area contributed by atoms with Crippen LogP contribution in [0.3, 0.4) is 0 Å². The van der Waals surface area contributed by atoms with Crippen molar-refractivity contribution in [2.24, 2.45) is 0 Å². The van der Waals surface area contributed by atoms with Gasteiger partial charge in [0.25, 0.3) is 10.1 Å². The number of benzene rings is 2. The molecule has 0 aliphatic heterocycles. The van der Waals surface area contributed by atoms with Crippen molar-refractivity contribution >= 4 is 32.0 Å². The number of halogens is 1. The molecule has 0 bridgehead atoms. The normalized spacial score (nSPS) is 12.8. The Hall–Kier alpha value is -1.70. The molecule has 0 saturated heterocycles. The van der Waals surface area contributed by atoms with Crippen LogP contribution in [-0.4, -0.2) is 19.5 Å². The van der Waals surface area contributed by atoms with E-state index in [0.717, 1.165) is 10.0 Å². The standard InChI is InChI=1S/C15H13BrO5S/c1-10-2-8-13(9-3-10)22(19,20)21-14(15(17)18)11-4-6-12(16)7-5-11/h2-9,14H,1H3,(H,17,18). The third-order valence-corrected chi connectivity index (χ3v) is 4.75. The van der Waals surface area contributed by atoms with Gasteiger partial charge in [-0.2, -0.15) is 8.42 Å². The Kier molecular flexibility index (Phi) is 5.00. The first kappa shape index (κ1) is 16.7. The van der Waals surface area contributed by atoms with Crippen molar-refractivity contribution in [3.63, 3.8) is 0 Å². The molecule has 0 aromatic heterocycles. The zero-order valence-electron chi connectivity index (χ0n) is 11.6. The zero-order valence-corrected chi connectivity index (χ0v) is 14.0. The summed E-state index contributed by atoms with van der Waals surface area (Å²) in [6.07, 6.45) is -1.60. The van der Waals surface area contributed by atoms with Crippen LogP contribution >= 0.6 is 15.9 Å². The summed E-state index contributed by atoms with van der Waals surface area (Å²) in [5.74, 6) is -1.38. The highest BCUT2D eigenvalue weighted by Gasteiger charge is 2.28. The van der Waals surface area contributed by atoms with Gasteiger partial charge in [-0.3, -0.25) is 0 Å². The van der Waals surface area contributed by atoms with Crippen LogP contribution in [0.2, 0.25) is 0 Å². The molecule has 1 unspecified atom stereocenters. The number of hydrogen-bond donors (Lipinski definition) is 1. The molecule has 0 aliphatic rings. The van der Waals surface area contributed by atoms with Crippen molar-refractivity contribution in [3.05, 3.63) is 64.1 Å². The third kappa shape index (κ3) is 3.94. The van der Waals surface area contributed by atoms with Crippen LogP contribution in [0.5, 0.6) is 0 Å². The van der Waals surface area contributed by atoms with Crippen molar-refractivity contribution in [1.82, 2.24) is 0 Å². The molecule has 116 valence electrons. The van der Waals surface area contributed by atoms with Gasteiger partial charge >= 0.3 is 5.97 Å². The SMILES string of the molecule is Cc1ccc(S(=O)(=O)OC(C(=O)O)c2ccc(Br)cc2)cc1. The number of rotatable bonds is 5. The van der Waals surface area contributed by atoms with Crippen molar-refractivity contribution in [2.45, 2.75) is 17.9 Å². The highest BCUT2D eigenvalue weighted by Crippen LogP contribution is 2.25. The first-order valence-electron chi connectivity index (χ1n) is 6.28. The number of carboxylic acids is 1. The smallest absolute Gasteiger partial charge is 0.339 e. The minimum atomic E-state index is -4.17. The number of aliphatic carboxylic acids is 1. The Balaban J connectivity index is 2.33. The Bertz CT molecular complexity index is 767. The van der Waals surface area contributed by atoms with Gasteiger partial charge in [-0.25, -0.2) is 8.98 Å². The Morgan fingerprint density at radius 1 is 1.09 bits per heavy atom. The Morgan fingerprint density at radius 2 is 1.64 bits per heavy atom. The van der Waals surface area contributed by atoms with E-state index in [9.17, 15) is 18.3 Å². The second kappa shape index (κ2) is 6.60. The Labute approximate surface area is 136 Å². The fraction of sp³-hybridized carbons (Fsp3) is 0.133. The largest absolute Gasteiger partial charge is 0.479 e. The molecule has 0 saturated carbocycles. The van der Waals surface area contributed by atoms with Crippen LogP contribution in [0.1, 0.15) is 17.2 Å². The van der Waals surface area contributed by atoms with E-state index in [4.69, 9.17) is 4.18 Å². The van der Waals surface area contributed by atoms with Gasteiger partial charge in [0.2, 0.25) is 0 Å². The summed E-state index contributed by atoms with van der Waals surface area (Å²) in [4.78, 5) is 11.3. The van der Waals surface area contributed by atoms with Gasteiger partial charge in [0.05, 0.1) is 4.90 Å². The van der Waals surface area contributed by atoms with Crippen molar-refractivity contribution in [3.8, 4) is 0 Å². The van der Waals surface area contributed by atoms with Gasteiger partial charge < -0.3 is 5.11 Å². The van der Waals surface area contributed by atoms with E-state index in [-0.39, 0.29) is 10.5 Å². The highest BCUT2D eigenvalue weighted by molar-refractivity contribution is 9.10. The molecule has 0 heterocycles. The summed E-state index contributed by atoms with van der Waals surface area (Å²) in [5.41, 5.74) is 1.13. The maximum atomic E-state index is 12.2. The maximum absolute atomic E-state index is 12.2. The first-order chi connectivity index (χ1) is 10.3. The fourth-order valence-electron chi connectivity index (χ4n) is 1.76. The summed E-state index contributed by atoms with van der Waals surface area (Å²) in [6, 6.07) is 12.2. The van der Waals surface area contributed by atoms with Crippen molar-refractivity contribution in [2.75, 3.05) is 0 Å². The van der Waals surface area contributed by atoms with Gasteiger partial charge in [-0.1, -0.05) is 45.8 Å². The second-order valence-electron chi connectivity index (χ2n) is 4.63. The van der Waals surface area contributed by atoms with Crippen LogP contribution in [0, 0.1) is 6.92 Å². The number of carboxylic acid groups (broad SMARTS) is 1. The quantitative estimate of drug-likeness (QED) is 0.799.